The first-order chi connectivity index (χ1) is 16.4. The third-order valence-corrected chi connectivity index (χ3v) is 6.61. The van der Waals surface area contributed by atoms with Crippen LogP contribution in [0.15, 0.2) is 66.7 Å². The molecule has 4 aromatic rings. The van der Waals surface area contributed by atoms with Crippen molar-refractivity contribution in [3.8, 4) is 5.75 Å². The number of nitrogens with zero attached hydrogens (tertiary/aromatic N) is 2. The Hall–Kier alpha value is -4.06. The minimum atomic E-state index is -0.371. The van der Waals surface area contributed by atoms with E-state index in [1.165, 1.54) is 0 Å². The lowest BCUT2D eigenvalue weighted by atomic mass is 9.98. The molecule has 1 aliphatic rings. The molecule has 6 nitrogen and oxygen atoms in total. The highest BCUT2D eigenvalue weighted by Gasteiger charge is 2.42. The van der Waals surface area contributed by atoms with E-state index in [-0.39, 0.29) is 24.4 Å². The van der Waals surface area contributed by atoms with E-state index in [0.717, 1.165) is 44.6 Å². The van der Waals surface area contributed by atoms with Crippen molar-refractivity contribution in [2.75, 3.05) is 19.0 Å². The summed E-state index contributed by atoms with van der Waals surface area (Å²) in [6.07, 6.45) is 0. The number of aryl methyl sites for hydroxylation is 3. The molecular weight excluding hydrogens is 426 g/mol. The van der Waals surface area contributed by atoms with Gasteiger partial charge in [0.15, 0.2) is 0 Å². The first-order valence-corrected chi connectivity index (χ1v) is 11.3. The van der Waals surface area contributed by atoms with Crippen LogP contribution in [-0.4, -0.2) is 34.9 Å². The molecule has 5 rings (SSSR count). The fraction of sp³-hybridized carbons (Fsp3) is 0.214. The average molecular weight is 454 g/mol. The van der Waals surface area contributed by atoms with Crippen LogP contribution >= 0.6 is 0 Å². The molecule has 0 saturated carbocycles. The van der Waals surface area contributed by atoms with E-state index in [1.54, 1.807) is 12.0 Å². The number of rotatable bonds is 5. The number of methoxy groups -OCH3 is 1. The Morgan fingerprint density at radius 3 is 2.50 bits per heavy atom. The lowest BCUT2D eigenvalue weighted by molar-refractivity contribution is -0.117. The molecule has 0 radical (unpaired) electrons. The zero-order valence-corrected chi connectivity index (χ0v) is 19.8. The molecule has 0 fully saturated rings. The lowest BCUT2D eigenvalue weighted by Gasteiger charge is -2.26. The summed E-state index contributed by atoms with van der Waals surface area (Å²) in [6, 6.07) is 21.3. The maximum absolute atomic E-state index is 13.7. The molecule has 2 amide bonds. The molecule has 34 heavy (non-hydrogen) atoms. The van der Waals surface area contributed by atoms with E-state index in [1.807, 2.05) is 92.2 Å². The molecule has 0 spiro atoms. The number of carbonyl (C=O) groups is 2. The van der Waals surface area contributed by atoms with E-state index in [2.05, 4.69) is 5.32 Å². The smallest absolute Gasteiger partial charge is 0.272 e. The van der Waals surface area contributed by atoms with Gasteiger partial charge in [0, 0.05) is 29.2 Å². The number of hydrogen-bond acceptors (Lipinski definition) is 3. The Labute approximate surface area is 198 Å². The molecule has 1 aromatic heterocycles. The van der Waals surface area contributed by atoms with Crippen LogP contribution in [0.25, 0.3) is 10.9 Å². The van der Waals surface area contributed by atoms with Crippen molar-refractivity contribution >= 4 is 28.4 Å². The van der Waals surface area contributed by atoms with Crippen LogP contribution in [0.1, 0.15) is 38.8 Å². The Kier molecular flexibility index (Phi) is 5.36. The molecule has 172 valence electrons. The maximum atomic E-state index is 13.7. The van der Waals surface area contributed by atoms with Crippen LogP contribution in [0.4, 0.5) is 5.69 Å². The molecule has 1 unspecified atom stereocenters. The van der Waals surface area contributed by atoms with Crippen molar-refractivity contribution in [3.63, 3.8) is 0 Å². The molecule has 3 aromatic carbocycles. The van der Waals surface area contributed by atoms with Crippen LogP contribution in [0, 0.1) is 13.8 Å². The molecule has 0 saturated heterocycles. The van der Waals surface area contributed by atoms with E-state index < -0.39 is 0 Å². The number of ether oxygens (including phenoxy) is 1. The van der Waals surface area contributed by atoms with Crippen LogP contribution < -0.4 is 10.1 Å². The van der Waals surface area contributed by atoms with Gasteiger partial charge in [0.1, 0.15) is 18.0 Å². The third kappa shape index (κ3) is 3.52. The van der Waals surface area contributed by atoms with Gasteiger partial charge >= 0.3 is 0 Å². The second-order valence-corrected chi connectivity index (χ2v) is 8.81. The molecule has 1 aliphatic heterocycles. The van der Waals surface area contributed by atoms with Gasteiger partial charge in [-0.05, 0) is 54.8 Å². The fourth-order valence-electron chi connectivity index (χ4n) is 4.88. The molecule has 0 bridgehead atoms. The Morgan fingerprint density at radius 2 is 1.76 bits per heavy atom. The van der Waals surface area contributed by atoms with Crippen LogP contribution in [0.5, 0.6) is 5.75 Å². The van der Waals surface area contributed by atoms with Gasteiger partial charge in [0.2, 0.25) is 5.91 Å². The summed E-state index contributed by atoms with van der Waals surface area (Å²) >= 11 is 0. The lowest BCUT2D eigenvalue weighted by Crippen LogP contribution is -2.37. The normalized spacial score (nSPS) is 15.0. The zero-order chi connectivity index (χ0) is 24.0. The number of amides is 2. The molecule has 1 atom stereocenters. The van der Waals surface area contributed by atoms with Crippen molar-refractivity contribution in [1.82, 2.24) is 9.47 Å². The Balaban J connectivity index is 1.56. The minimum absolute atomic E-state index is 0.0497. The van der Waals surface area contributed by atoms with Gasteiger partial charge in [-0.3, -0.25) is 9.59 Å². The molecule has 2 heterocycles. The number of carbonyl (C=O) groups excluding carboxylic acids is 2. The summed E-state index contributed by atoms with van der Waals surface area (Å²) in [5, 5.41) is 4.02. The van der Waals surface area contributed by atoms with Gasteiger partial charge in [0.25, 0.3) is 5.91 Å². The standard InChI is InChI=1S/C28H27N3O3/c1-17-9-10-18(2)22(15-17)29-24(32)16-31-26(19-11-13-20(34-4)14-12-19)25-21-7-5-6-8-23(21)30(3)27(25)28(31)33/h5-15,26H,16H2,1-4H3,(H,29,32). The van der Waals surface area contributed by atoms with Crippen molar-refractivity contribution in [2.24, 2.45) is 7.05 Å². The van der Waals surface area contributed by atoms with Crippen molar-refractivity contribution in [3.05, 3.63) is 94.7 Å². The highest BCUT2D eigenvalue weighted by molar-refractivity contribution is 6.08. The fourth-order valence-corrected chi connectivity index (χ4v) is 4.88. The monoisotopic (exact) mass is 453 g/mol. The first-order valence-electron chi connectivity index (χ1n) is 11.3. The average Bonchev–Trinajstić information content (AvgIpc) is 3.29. The maximum Gasteiger partial charge on any atom is 0.272 e. The van der Waals surface area contributed by atoms with E-state index >= 15 is 0 Å². The predicted octanol–water partition coefficient (Wildman–Crippen LogP) is 4.99. The van der Waals surface area contributed by atoms with Gasteiger partial charge in [0.05, 0.1) is 13.2 Å². The van der Waals surface area contributed by atoms with Crippen molar-refractivity contribution < 1.29 is 14.3 Å². The molecule has 0 aliphatic carbocycles. The van der Waals surface area contributed by atoms with Gasteiger partial charge in [-0.15, -0.1) is 0 Å². The van der Waals surface area contributed by atoms with E-state index in [4.69, 9.17) is 4.74 Å². The van der Waals surface area contributed by atoms with Gasteiger partial charge in [-0.1, -0.05) is 42.5 Å². The second kappa shape index (κ2) is 8.37. The number of para-hydroxylation sites is 1. The summed E-state index contributed by atoms with van der Waals surface area (Å²) in [5.41, 5.74) is 6.30. The van der Waals surface area contributed by atoms with Crippen LogP contribution in [0.3, 0.4) is 0 Å². The second-order valence-electron chi connectivity index (χ2n) is 8.81. The summed E-state index contributed by atoms with van der Waals surface area (Å²) in [5.74, 6) is 0.369. The van der Waals surface area contributed by atoms with E-state index in [9.17, 15) is 9.59 Å². The van der Waals surface area contributed by atoms with Crippen molar-refractivity contribution in [2.45, 2.75) is 19.9 Å². The van der Waals surface area contributed by atoms with Crippen molar-refractivity contribution in [1.29, 1.82) is 0 Å². The number of fused-ring (bicyclic) bond motifs is 3. The first kappa shape index (κ1) is 21.8. The number of aromatic nitrogens is 1. The number of nitrogens with one attached hydrogen (secondary N) is 1. The molecular formula is C28H27N3O3. The van der Waals surface area contributed by atoms with Crippen LogP contribution in [0.2, 0.25) is 0 Å². The summed E-state index contributed by atoms with van der Waals surface area (Å²) in [4.78, 5) is 28.5. The van der Waals surface area contributed by atoms with Crippen LogP contribution in [-0.2, 0) is 11.8 Å². The highest BCUT2D eigenvalue weighted by atomic mass is 16.5. The topological polar surface area (TPSA) is 63.6 Å². The summed E-state index contributed by atoms with van der Waals surface area (Å²) in [7, 11) is 3.53. The zero-order valence-electron chi connectivity index (χ0n) is 19.8. The molecule has 6 heteroatoms. The highest BCUT2D eigenvalue weighted by Crippen LogP contribution is 2.44. The molecule has 1 N–H and O–H groups in total. The minimum Gasteiger partial charge on any atom is -0.497 e. The van der Waals surface area contributed by atoms with Gasteiger partial charge < -0.3 is 19.5 Å². The largest absolute Gasteiger partial charge is 0.497 e. The number of hydrogen-bond donors (Lipinski definition) is 1. The summed E-state index contributed by atoms with van der Waals surface area (Å²) < 4.78 is 7.26. The Morgan fingerprint density at radius 1 is 1.03 bits per heavy atom. The SMILES string of the molecule is COc1ccc(C2c3c(n(C)c4ccccc34)C(=O)N2CC(=O)Nc2cc(C)ccc2C)cc1. The number of anilines is 1. The van der Waals surface area contributed by atoms with Gasteiger partial charge in [-0.25, -0.2) is 0 Å². The number of benzene rings is 3. The third-order valence-electron chi connectivity index (χ3n) is 6.61. The summed E-state index contributed by atoms with van der Waals surface area (Å²) in [6.45, 7) is 3.89. The Bertz CT molecular complexity index is 1420. The quantitative estimate of drug-likeness (QED) is 0.463. The van der Waals surface area contributed by atoms with E-state index in [0.29, 0.717) is 5.69 Å². The van der Waals surface area contributed by atoms with Gasteiger partial charge in [-0.2, -0.15) is 0 Å². The predicted molar refractivity (Wildman–Crippen MR) is 133 cm³/mol.